The van der Waals surface area contributed by atoms with Crippen molar-refractivity contribution < 1.29 is 14.5 Å². The van der Waals surface area contributed by atoms with Crippen molar-refractivity contribution in [3.05, 3.63) is 62.7 Å². The van der Waals surface area contributed by atoms with Crippen molar-refractivity contribution in [2.75, 3.05) is 23.3 Å². The summed E-state index contributed by atoms with van der Waals surface area (Å²) in [5, 5.41) is 17.0. The van der Waals surface area contributed by atoms with Crippen molar-refractivity contribution in [2.45, 2.75) is 32.7 Å². The third-order valence-electron chi connectivity index (χ3n) is 4.78. The molecule has 2 aromatic carbocycles. The van der Waals surface area contributed by atoms with Crippen LogP contribution in [0.1, 0.15) is 36.2 Å². The average molecular weight is 431 g/mol. The van der Waals surface area contributed by atoms with E-state index in [1.54, 1.807) is 12.1 Å². The fraction of sp³-hybridized carbons (Fsp3) is 0.333. The Morgan fingerprint density at radius 2 is 2.03 bits per heavy atom. The Bertz CT molecular complexity index is 993. The SMILES string of the molecule is CC(C)NC(=O)c1cccc2c1CCCN2CC(=O)Nc1ccc(Cl)cc1[N+](=O)[O-]. The Hall–Kier alpha value is -3.13. The third kappa shape index (κ3) is 4.88. The number of benzene rings is 2. The Morgan fingerprint density at radius 1 is 1.27 bits per heavy atom. The monoisotopic (exact) mass is 430 g/mol. The molecule has 0 atom stereocenters. The quantitative estimate of drug-likeness (QED) is 0.536. The van der Waals surface area contributed by atoms with Crippen LogP contribution in [0.3, 0.4) is 0 Å². The molecule has 2 aromatic rings. The minimum atomic E-state index is -0.586. The standard InChI is InChI=1S/C21H23ClN4O4/c1-13(2)23-21(28)16-5-3-7-18-15(16)6-4-10-25(18)12-20(27)24-17-9-8-14(22)11-19(17)26(29)30/h3,5,7-9,11,13H,4,6,10,12H2,1-2H3,(H,23,28)(H,24,27). The largest absolute Gasteiger partial charge is 0.362 e. The van der Waals surface area contributed by atoms with Gasteiger partial charge in [0.25, 0.3) is 11.6 Å². The van der Waals surface area contributed by atoms with Gasteiger partial charge >= 0.3 is 0 Å². The van der Waals surface area contributed by atoms with Gasteiger partial charge in [0, 0.05) is 34.9 Å². The summed E-state index contributed by atoms with van der Waals surface area (Å²) in [7, 11) is 0. The number of fused-ring (bicyclic) bond motifs is 1. The molecule has 0 bridgehead atoms. The van der Waals surface area contributed by atoms with Gasteiger partial charge in [0.2, 0.25) is 5.91 Å². The first-order valence-electron chi connectivity index (χ1n) is 9.67. The van der Waals surface area contributed by atoms with E-state index in [1.165, 1.54) is 18.2 Å². The maximum absolute atomic E-state index is 12.6. The molecule has 2 N–H and O–H groups in total. The van der Waals surface area contributed by atoms with Crippen molar-refractivity contribution in [1.29, 1.82) is 0 Å². The molecule has 0 radical (unpaired) electrons. The zero-order valence-electron chi connectivity index (χ0n) is 16.8. The lowest BCUT2D eigenvalue weighted by molar-refractivity contribution is -0.383. The van der Waals surface area contributed by atoms with Gasteiger partial charge in [0.1, 0.15) is 5.69 Å². The molecule has 158 valence electrons. The van der Waals surface area contributed by atoms with Crippen molar-refractivity contribution >= 4 is 40.5 Å². The summed E-state index contributed by atoms with van der Waals surface area (Å²) >= 11 is 5.82. The van der Waals surface area contributed by atoms with E-state index in [-0.39, 0.29) is 40.8 Å². The second-order valence-electron chi connectivity index (χ2n) is 7.42. The molecule has 0 saturated carbocycles. The first-order valence-corrected chi connectivity index (χ1v) is 10.1. The van der Waals surface area contributed by atoms with E-state index in [0.29, 0.717) is 12.1 Å². The fourth-order valence-corrected chi connectivity index (χ4v) is 3.71. The van der Waals surface area contributed by atoms with Gasteiger partial charge in [-0.15, -0.1) is 0 Å². The molecule has 0 saturated heterocycles. The molecule has 1 heterocycles. The third-order valence-corrected chi connectivity index (χ3v) is 5.01. The highest BCUT2D eigenvalue weighted by Crippen LogP contribution is 2.31. The number of nitrogens with zero attached hydrogens (tertiary/aromatic N) is 2. The first kappa shape index (κ1) is 21.6. The molecule has 3 rings (SSSR count). The maximum atomic E-state index is 12.6. The van der Waals surface area contributed by atoms with E-state index in [2.05, 4.69) is 10.6 Å². The molecular weight excluding hydrogens is 408 g/mol. The average Bonchev–Trinajstić information content (AvgIpc) is 2.68. The Morgan fingerprint density at radius 3 is 2.73 bits per heavy atom. The number of carbonyl (C=O) groups excluding carboxylic acids is 2. The van der Waals surface area contributed by atoms with E-state index in [0.717, 1.165) is 24.1 Å². The van der Waals surface area contributed by atoms with Gasteiger partial charge in [-0.3, -0.25) is 19.7 Å². The number of nitro benzene ring substituents is 1. The number of carbonyl (C=O) groups is 2. The number of hydrogen-bond donors (Lipinski definition) is 2. The number of nitrogens with one attached hydrogen (secondary N) is 2. The Kier molecular flexibility index (Phi) is 6.56. The van der Waals surface area contributed by atoms with E-state index >= 15 is 0 Å². The van der Waals surface area contributed by atoms with Crippen LogP contribution < -0.4 is 15.5 Å². The van der Waals surface area contributed by atoms with Gasteiger partial charge in [-0.2, -0.15) is 0 Å². The van der Waals surface area contributed by atoms with Gasteiger partial charge in [-0.25, -0.2) is 0 Å². The van der Waals surface area contributed by atoms with Crippen LogP contribution in [0.5, 0.6) is 0 Å². The van der Waals surface area contributed by atoms with Crippen LogP contribution >= 0.6 is 11.6 Å². The highest BCUT2D eigenvalue weighted by molar-refractivity contribution is 6.31. The molecular formula is C21H23ClN4O4. The van der Waals surface area contributed by atoms with Gasteiger partial charge in [-0.05, 0) is 56.5 Å². The summed E-state index contributed by atoms with van der Waals surface area (Å²) in [5.41, 5.74) is 2.18. The lowest BCUT2D eigenvalue weighted by Crippen LogP contribution is -2.38. The molecule has 0 unspecified atom stereocenters. The molecule has 8 nitrogen and oxygen atoms in total. The highest BCUT2D eigenvalue weighted by atomic mass is 35.5. The fourth-order valence-electron chi connectivity index (χ4n) is 3.54. The van der Waals surface area contributed by atoms with Crippen LogP contribution in [0.25, 0.3) is 0 Å². The smallest absolute Gasteiger partial charge is 0.294 e. The van der Waals surface area contributed by atoms with Crippen LogP contribution in [0, 0.1) is 10.1 Å². The highest BCUT2D eigenvalue weighted by Gasteiger charge is 2.25. The summed E-state index contributed by atoms with van der Waals surface area (Å²) in [6.45, 7) is 4.47. The first-order chi connectivity index (χ1) is 14.3. The van der Waals surface area contributed by atoms with Crippen molar-refractivity contribution in [2.24, 2.45) is 0 Å². The van der Waals surface area contributed by atoms with Gasteiger partial charge in [-0.1, -0.05) is 17.7 Å². The second-order valence-corrected chi connectivity index (χ2v) is 7.86. The molecule has 0 aliphatic carbocycles. The summed E-state index contributed by atoms with van der Waals surface area (Å²) < 4.78 is 0. The molecule has 0 aromatic heterocycles. The minimum Gasteiger partial charge on any atom is -0.362 e. The normalized spacial score (nSPS) is 13.0. The van der Waals surface area contributed by atoms with Crippen LogP contribution in [0.2, 0.25) is 5.02 Å². The predicted molar refractivity (Wildman–Crippen MR) is 116 cm³/mol. The van der Waals surface area contributed by atoms with Crippen LogP contribution in [0.4, 0.5) is 17.1 Å². The van der Waals surface area contributed by atoms with Crippen molar-refractivity contribution in [3.8, 4) is 0 Å². The summed E-state index contributed by atoms with van der Waals surface area (Å²) in [4.78, 5) is 37.7. The van der Waals surface area contributed by atoms with Gasteiger partial charge in [0.15, 0.2) is 0 Å². The zero-order chi connectivity index (χ0) is 21.8. The van der Waals surface area contributed by atoms with E-state index < -0.39 is 4.92 Å². The van der Waals surface area contributed by atoms with Crippen molar-refractivity contribution in [1.82, 2.24) is 5.32 Å². The molecule has 9 heteroatoms. The molecule has 30 heavy (non-hydrogen) atoms. The Labute approximate surface area is 179 Å². The van der Waals surface area contributed by atoms with Gasteiger partial charge in [0.05, 0.1) is 11.5 Å². The number of nitro groups is 1. The number of anilines is 2. The molecule has 0 fully saturated rings. The molecule has 1 aliphatic heterocycles. The number of amides is 2. The number of rotatable bonds is 6. The predicted octanol–water partition coefficient (Wildman–Crippen LogP) is 3.78. The molecule has 0 spiro atoms. The summed E-state index contributed by atoms with van der Waals surface area (Å²) in [6.07, 6.45) is 1.55. The Balaban J connectivity index is 1.79. The number of hydrogen-bond acceptors (Lipinski definition) is 5. The van der Waals surface area contributed by atoms with Crippen LogP contribution in [0.15, 0.2) is 36.4 Å². The van der Waals surface area contributed by atoms with Crippen LogP contribution in [-0.4, -0.2) is 35.9 Å². The number of halogens is 1. The van der Waals surface area contributed by atoms with E-state index in [9.17, 15) is 19.7 Å². The van der Waals surface area contributed by atoms with Gasteiger partial charge < -0.3 is 15.5 Å². The lowest BCUT2D eigenvalue weighted by Gasteiger charge is -2.32. The molecule has 2 amide bonds. The summed E-state index contributed by atoms with van der Waals surface area (Å²) in [6, 6.07) is 9.60. The molecule has 1 aliphatic rings. The van der Waals surface area contributed by atoms with E-state index in [1.807, 2.05) is 24.8 Å². The van der Waals surface area contributed by atoms with E-state index in [4.69, 9.17) is 11.6 Å². The summed E-state index contributed by atoms with van der Waals surface area (Å²) in [5.74, 6) is -0.518. The maximum Gasteiger partial charge on any atom is 0.294 e. The topological polar surface area (TPSA) is 105 Å². The van der Waals surface area contributed by atoms with Crippen LogP contribution in [-0.2, 0) is 11.2 Å². The van der Waals surface area contributed by atoms with Crippen molar-refractivity contribution in [3.63, 3.8) is 0 Å². The minimum absolute atomic E-state index is 0.0159. The second kappa shape index (κ2) is 9.13. The zero-order valence-corrected chi connectivity index (χ0v) is 17.5. The lowest BCUT2D eigenvalue weighted by atomic mass is 9.95.